The zero-order valence-corrected chi connectivity index (χ0v) is 14.8. The maximum absolute atomic E-state index is 12.0. The van der Waals surface area contributed by atoms with Gasteiger partial charge < -0.3 is 16.2 Å². The number of carboxylic acids is 1. The van der Waals surface area contributed by atoms with Crippen molar-refractivity contribution in [2.24, 2.45) is 0 Å². The fourth-order valence-electron chi connectivity index (χ4n) is 3.43. The summed E-state index contributed by atoms with van der Waals surface area (Å²) in [6.45, 7) is 3.48. The number of hydrogen-bond donors (Lipinski definition) is 3. The van der Waals surface area contributed by atoms with Crippen LogP contribution in [0.1, 0.15) is 30.9 Å². The minimum Gasteiger partial charge on any atom is -0.478 e. The lowest BCUT2D eigenvalue weighted by Crippen LogP contribution is -2.27. The molecule has 1 aliphatic rings. The SMILES string of the molecule is CC1=C(C(=O)O)C(c2cccc([N+](=O)[O-])c2)C(c2cccnc2N)=C(C)N1. The highest BCUT2D eigenvalue weighted by molar-refractivity contribution is 5.97. The molecule has 0 aliphatic carbocycles. The first-order chi connectivity index (χ1) is 12.8. The molecular formula is C19H18N4O4. The van der Waals surface area contributed by atoms with Crippen molar-refractivity contribution in [3.05, 3.63) is 80.8 Å². The number of rotatable bonds is 4. The van der Waals surface area contributed by atoms with Crippen LogP contribution in [0.15, 0.2) is 59.6 Å². The third-order valence-corrected chi connectivity index (χ3v) is 4.53. The average Bonchev–Trinajstić information content (AvgIpc) is 2.61. The first-order valence-corrected chi connectivity index (χ1v) is 8.18. The van der Waals surface area contributed by atoms with Crippen molar-refractivity contribution in [2.75, 3.05) is 5.73 Å². The summed E-state index contributed by atoms with van der Waals surface area (Å²) in [5.41, 5.74) is 8.96. The van der Waals surface area contributed by atoms with Gasteiger partial charge in [0.1, 0.15) is 5.82 Å². The Morgan fingerprint density at radius 3 is 2.63 bits per heavy atom. The van der Waals surface area contributed by atoms with Gasteiger partial charge in [-0.15, -0.1) is 0 Å². The van der Waals surface area contributed by atoms with Crippen molar-refractivity contribution < 1.29 is 14.8 Å². The second-order valence-corrected chi connectivity index (χ2v) is 6.23. The van der Waals surface area contributed by atoms with Crippen LogP contribution in [0, 0.1) is 10.1 Å². The highest BCUT2D eigenvalue weighted by Gasteiger charge is 2.35. The molecule has 1 aromatic carbocycles. The van der Waals surface area contributed by atoms with Crippen molar-refractivity contribution in [2.45, 2.75) is 19.8 Å². The van der Waals surface area contributed by atoms with Crippen molar-refractivity contribution >= 4 is 23.0 Å². The summed E-state index contributed by atoms with van der Waals surface area (Å²) in [5.74, 6) is -1.58. The molecule has 138 valence electrons. The van der Waals surface area contributed by atoms with Crippen molar-refractivity contribution in [1.82, 2.24) is 10.3 Å². The Balaban J connectivity index is 2.29. The van der Waals surface area contributed by atoms with Gasteiger partial charge in [0.2, 0.25) is 0 Å². The number of nitro benzene ring substituents is 1. The molecule has 8 heteroatoms. The number of non-ortho nitro benzene ring substituents is 1. The first kappa shape index (κ1) is 18.1. The van der Waals surface area contributed by atoms with Crippen LogP contribution in [-0.4, -0.2) is 21.0 Å². The molecule has 1 aliphatic heterocycles. The number of nitro groups is 1. The minimum absolute atomic E-state index is 0.107. The van der Waals surface area contributed by atoms with Crippen LogP contribution in [0.5, 0.6) is 0 Å². The molecule has 0 spiro atoms. The molecular weight excluding hydrogens is 348 g/mol. The number of aliphatic carboxylic acids is 1. The summed E-state index contributed by atoms with van der Waals surface area (Å²) in [6.07, 6.45) is 1.55. The first-order valence-electron chi connectivity index (χ1n) is 8.18. The fourth-order valence-corrected chi connectivity index (χ4v) is 3.43. The van der Waals surface area contributed by atoms with E-state index in [2.05, 4.69) is 10.3 Å². The van der Waals surface area contributed by atoms with E-state index in [0.29, 0.717) is 28.1 Å². The van der Waals surface area contributed by atoms with Gasteiger partial charge in [-0.1, -0.05) is 12.1 Å². The molecule has 3 rings (SSSR count). The topological polar surface area (TPSA) is 131 Å². The number of allylic oxidation sites excluding steroid dienone is 3. The van der Waals surface area contributed by atoms with Gasteiger partial charge in [0.05, 0.1) is 10.5 Å². The summed E-state index contributed by atoms with van der Waals surface area (Å²) < 4.78 is 0. The lowest BCUT2D eigenvalue weighted by molar-refractivity contribution is -0.384. The Morgan fingerprint density at radius 2 is 2.00 bits per heavy atom. The molecule has 1 aromatic heterocycles. The van der Waals surface area contributed by atoms with Gasteiger partial charge in [0.25, 0.3) is 5.69 Å². The largest absolute Gasteiger partial charge is 0.478 e. The maximum atomic E-state index is 12.0. The number of carboxylic acid groups (broad SMARTS) is 1. The number of carbonyl (C=O) groups is 1. The zero-order chi connectivity index (χ0) is 19.7. The fraction of sp³-hybridized carbons (Fsp3) is 0.158. The minimum atomic E-state index is -1.11. The van der Waals surface area contributed by atoms with E-state index < -0.39 is 16.8 Å². The van der Waals surface area contributed by atoms with Gasteiger partial charge >= 0.3 is 5.97 Å². The number of nitrogens with two attached hydrogens (primary N) is 1. The zero-order valence-electron chi connectivity index (χ0n) is 14.8. The number of nitrogen functional groups attached to an aromatic ring is 1. The monoisotopic (exact) mass is 366 g/mol. The highest BCUT2D eigenvalue weighted by Crippen LogP contribution is 2.44. The van der Waals surface area contributed by atoms with Gasteiger partial charge in [-0.25, -0.2) is 9.78 Å². The van der Waals surface area contributed by atoms with Crippen molar-refractivity contribution in [3.63, 3.8) is 0 Å². The van der Waals surface area contributed by atoms with Crippen molar-refractivity contribution in [3.8, 4) is 0 Å². The van der Waals surface area contributed by atoms with E-state index in [0.717, 1.165) is 0 Å². The van der Waals surface area contributed by atoms with Crippen LogP contribution in [-0.2, 0) is 4.79 Å². The van der Waals surface area contributed by atoms with Gasteiger partial charge in [0, 0.05) is 41.2 Å². The molecule has 0 bridgehead atoms. The van der Waals surface area contributed by atoms with Gasteiger partial charge in [-0.05, 0) is 37.1 Å². The summed E-state index contributed by atoms with van der Waals surface area (Å²) in [4.78, 5) is 26.8. The van der Waals surface area contributed by atoms with Crippen LogP contribution in [0.25, 0.3) is 5.57 Å². The van der Waals surface area contributed by atoms with E-state index >= 15 is 0 Å². The molecule has 8 nitrogen and oxygen atoms in total. The second kappa shape index (κ2) is 6.91. The Labute approximate surface area is 155 Å². The molecule has 0 fully saturated rings. The number of hydrogen-bond acceptors (Lipinski definition) is 6. The van der Waals surface area contributed by atoms with E-state index in [1.165, 1.54) is 12.1 Å². The van der Waals surface area contributed by atoms with Crippen LogP contribution < -0.4 is 11.1 Å². The molecule has 27 heavy (non-hydrogen) atoms. The predicted octanol–water partition coefficient (Wildman–Crippen LogP) is 3.05. The van der Waals surface area contributed by atoms with Crippen LogP contribution in [0.3, 0.4) is 0 Å². The maximum Gasteiger partial charge on any atom is 0.334 e. The molecule has 1 unspecified atom stereocenters. The number of aromatic nitrogens is 1. The normalized spacial score (nSPS) is 16.9. The lowest BCUT2D eigenvalue weighted by atomic mass is 9.77. The van der Waals surface area contributed by atoms with E-state index in [9.17, 15) is 20.0 Å². The number of nitrogens with zero attached hydrogens (tertiary/aromatic N) is 2. The molecule has 1 atom stereocenters. The van der Waals surface area contributed by atoms with Crippen LogP contribution in [0.2, 0.25) is 0 Å². The summed E-state index contributed by atoms with van der Waals surface area (Å²) in [6, 6.07) is 9.46. The molecule has 0 saturated carbocycles. The van der Waals surface area contributed by atoms with Crippen LogP contribution >= 0.6 is 0 Å². The molecule has 0 amide bonds. The lowest BCUT2D eigenvalue weighted by Gasteiger charge is -2.31. The van der Waals surface area contributed by atoms with Gasteiger partial charge in [-0.3, -0.25) is 10.1 Å². The quantitative estimate of drug-likeness (QED) is 0.560. The van der Waals surface area contributed by atoms with Gasteiger partial charge in [-0.2, -0.15) is 0 Å². The Morgan fingerprint density at radius 1 is 1.26 bits per heavy atom. The third kappa shape index (κ3) is 3.24. The van der Waals surface area contributed by atoms with E-state index in [-0.39, 0.29) is 17.1 Å². The van der Waals surface area contributed by atoms with E-state index in [1.54, 1.807) is 37.4 Å². The summed E-state index contributed by atoms with van der Waals surface area (Å²) in [7, 11) is 0. The highest BCUT2D eigenvalue weighted by atomic mass is 16.6. The number of benzene rings is 1. The predicted molar refractivity (Wildman–Crippen MR) is 101 cm³/mol. The molecule has 2 heterocycles. The summed E-state index contributed by atoms with van der Waals surface area (Å²) >= 11 is 0. The molecule has 2 aromatic rings. The second-order valence-electron chi connectivity index (χ2n) is 6.23. The smallest absolute Gasteiger partial charge is 0.334 e. The third-order valence-electron chi connectivity index (χ3n) is 4.53. The van der Waals surface area contributed by atoms with E-state index in [4.69, 9.17) is 5.73 Å². The average molecular weight is 366 g/mol. The number of nitrogens with one attached hydrogen (secondary N) is 1. The standard InChI is InChI=1S/C19H18N4O4/c1-10-15(14-7-4-8-21-18(14)20)17(16(19(24)25)11(2)22-10)12-5-3-6-13(9-12)23(26)27/h3-9,17,22H,1-2H3,(H2,20,21)(H,24,25). The van der Waals surface area contributed by atoms with Crippen molar-refractivity contribution in [1.29, 1.82) is 0 Å². The number of anilines is 1. The van der Waals surface area contributed by atoms with Crippen LogP contribution in [0.4, 0.5) is 11.5 Å². The molecule has 0 saturated heterocycles. The van der Waals surface area contributed by atoms with E-state index in [1.807, 2.05) is 6.92 Å². The summed E-state index contributed by atoms with van der Waals surface area (Å²) in [5, 5.41) is 24.1. The van der Waals surface area contributed by atoms with Gasteiger partial charge in [0.15, 0.2) is 0 Å². The Hall–Kier alpha value is -3.68. The Kier molecular flexibility index (Phi) is 4.64. The number of dihydropyridines is 1. The Bertz CT molecular complexity index is 1010. The molecule has 0 radical (unpaired) electrons. The molecule has 4 N–H and O–H groups in total. The number of pyridine rings is 1.